The maximum absolute atomic E-state index is 13.5. The first-order chi connectivity index (χ1) is 14.6. The number of aryl methyl sites for hydroxylation is 1. The van der Waals surface area contributed by atoms with Gasteiger partial charge in [0.25, 0.3) is 0 Å². The smallest absolute Gasteiger partial charge is 0.434 e. The van der Waals surface area contributed by atoms with Gasteiger partial charge in [0.15, 0.2) is 5.69 Å². The van der Waals surface area contributed by atoms with Crippen LogP contribution in [0, 0.1) is 0 Å². The molecular formula is C20H13Cl3F3NO3S. The van der Waals surface area contributed by atoms with Crippen molar-refractivity contribution in [3.05, 3.63) is 68.3 Å². The van der Waals surface area contributed by atoms with Gasteiger partial charge in [-0.2, -0.15) is 17.5 Å². The number of aromatic nitrogens is 1. The number of carbonyl (C=O) groups is 1. The Morgan fingerprint density at radius 1 is 1.06 bits per heavy atom. The number of ether oxygens (including phenoxy) is 1. The number of hydrogen-bond donors (Lipinski definition) is 1. The zero-order valence-electron chi connectivity index (χ0n) is 15.5. The molecule has 0 fully saturated rings. The van der Waals surface area contributed by atoms with E-state index < -0.39 is 24.4 Å². The third-order valence-corrected chi connectivity index (χ3v) is 6.36. The normalized spacial score (nSPS) is 11.5. The summed E-state index contributed by atoms with van der Waals surface area (Å²) in [5.41, 5.74) is -0.162. The lowest BCUT2D eigenvalue weighted by atomic mass is 10.1. The van der Waals surface area contributed by atoms with Crippen molar-refractivity contribution in [2.24, 2.45) is 0 Å². The first kappa shape index (κ1) is 23.7. The van der Waals surface area contributed by atoms with E-state index in [4.69, 9.17) is 44.6 Å². The maximum atomic E-state index is 13.5. The standard InChI is InChI=1S/C20H13Cl3F3NO3S/c21-12-5-1-11(2-6-12)18-13(19(27-31-18)20(24,25)26)9-30-14-7-3-10(4-8-15(28)29)16(22)17(14)23/h1-3,5-7H,4,8-9H2,(H,28,29). The van der Waals surface area contributed by atoms with Crippen LogP contribution >= 0.6 is 46.3 Å². The molecule has 31 heavy (non-hydrogen) atoms. The van der Waals surface area contributed by atoms with E-state index in [1.54, 1.807) is 24.3 Å². The second-order valence-corrected chi connectivity index (χ2v) is 8.34. The minimum atomic E-state index is -4.66. The highest BCUT2D eigenvalue weighted by Gasteiger charge is 2.38. The molecule has 0 bridgehead atoms. The monoisotopic (exact) mass is 509 g/mol. The van der Waals surface area contributed by atoms with E-state index in [0.717, 1.165) is 0 Å². The Labute approximate surface area is 194 Å². The molecule has 0 saturated carbocycles. The maximum Gasteiger partial charge on any atom is 0.434 e. The van der Waals surface area contributed by atoms with Gasteiger partial charge in [-0.1, -0.05) is 53.0 Å². The van der Waals surface area contributed by atoms with Crippen LogP contribution in [0.25, 0.3) is 10.4 Å². The lowest BCUT2D eigenvalue weighted by molar-refractivity contribution is -0.141. The number of carboxylic acids is 1. The average molecular weight is 511 g/mol. The van der Waals surface area contributed by atoms with Crippen LogP contribution < -0.4 is 4.74 Å². The van der Waals surface area contributed by atoms with Crippen molar-refractivity contribution in [2.45, 2.75) is 25.6 Å². The fourth-order valence-corrected chi connectivity index (χ4v) is 4.28. The van der Waals surface area contributed by atoms with Gasteiger partial charge in [0, 0.05) is 17.0 Å². The van der Waals surface area contributed by atoms with Crippen LogP contribution in [0.1, 0.15) is 23.2 Å². The number of halogens is 6. The Morgan fingerprint density at radius 3 is 2.35 bits per heavy atom. The summed E-state index contributed by atoms with van der Waals surface area (Å²) in [6.07, 6.45) is -4.65. The summed E-state index contributed by atoms with van der Waals surface area (Å²) in [5.74, 6) is -0.918. The Hall–Kier alpha value is -2.00. The zero-order valence-corrected chi connectivity index (χ0v) is 18.6. The van der Waals surface area contributed by atoms with E-state index in [-0.39, 0.29) is 34.2 Å². The van der Waals surface area contributed by atoms with Crippen LogP contribution in [0.3, 0.4) is 0 Å². The van der Waals surface area contributed by atoms with E-state index in [9.17, 15) is 18.0 Å². The van der Waals surface area contributed by atoms with Crippen molar-refractivity contribution in [2.75, 3.05) is 0 Å². The molecule has 0 aliphatic carbocycles. The van der Waals surface area contributed by atoms with Gasteiger partial charge in [-0.05, 0) is 47.3 Å². The van der Waals surface area contributed by atoms with Crippen molar-refractivity contribution in [1.82, 2.24) is 4.37 Å². The van der Waals surface area contributed by atoms with Gasteiger partial charge in [0.2, 0.25) is 0 Å². The van der Waals surface area contributed by atoms with E-state index in [1.165, 1.54) is 12.1 Å². The molecule has 1 aromatic heterocycles. The second kappa shape index (κ2) is 9.65. The second-order valence-electron chi connectivity index (χ2n) is 6.38. The Morgan fingerprint density at radius 2 is 1.74 bits per heavy atom. The van der Waals surface area contributed by atoms with Gasteiger partial charge >= 0.3 is 12.1 Å². The van der Waals surface area contributed by atoms with Crippen molar-refractivity contribution in [3.63, 3.8) is 0 Å². The van der Waals surface area contributed by atoms with Crippen molar-refractivity contribution >= 4 is 52.3 Å². The summed E-state index contributed by atoms with van der Waals surface area (Å²) in [7, 11) is 0. The van der Waals surface area contributed by atoms with Crippen LogP contribution in [0.15, 0.2) is 36.4 Å². The summed E-state index contributed by atoms with van der Waals surface area (Å²) in [5, 5.41) is 9.34. The minimum absolute atomic E-state index is 0.00524. The van der Waals surface area contributed by atoms with Crippen LogP contribution in [-0.4, -0.2) is 15.4 Å². The predicted molar refractivity (Wildman–Crippen MR) is 114 cm³/mol. The van der Waals surface area contributed by atoms with Gasteiger partial charge in [-0.25, -0.2) is 0 Å². The number of hydrogen-bond acceptors (Lipinski definition) is 4. The molecule has 0 amide bonds. The summed E-state index contributed by atoms with van der Waals surface area (Å²) >= 11 is 19.0. The van der Waals surface area contributed by atoms with Gasteiger partial charge in [0.1, 0.15) is 17.4 Å². The highest BCUT2D eigenvalue weighted by Crippen LogP contribution is 2.41. The lowest BCUT2D eigenvalue weighted by Crippen LogP contribution is -2.11. The molecule has 0 aliphatic heterocycles. The van der Waals surface area contributed by atoms with Crippen LogP contribution in [0.4, 0.5) is 13.2 Å². The first-order valence-electron chi connectivity index (χ1n) is 8.71. The third kappa shape index (κ3) is 5.63. The van der Waals surface area contributed by atoms with E-state index in [2.05, 4.69) is 4.37 Å². The highest BCUT2D eigenvalue weighted by molar-refractivity contribution is 7.09. The molecule has 3 aromatic rings. The van der Waals surface area contributed by atoms with Crippen LogP contribution in [0.2, 0.25) is 15.1 Å². The van der Waals surface area contributed by atoms with Crippen molar-refractivity contribution in [1.29, 1.82) is 0 Å². The number of carboxylic acid groups (broad SMARTS) is 1. The Kier molecular flexibility index (Phi) is 7.36. The number of benzene rings is 2. The Balaban J connectivity index is 1.90. The molecule has 1 N–H and O–H groups in total. The summed E-state index contributed by atoms with van der Waals surface area (Å²) < 4.78 is 49.6. The molecule has 0 atom stereocenters. The van der Waals surface area contributed by atoms with Crippen LogP contribution in [-0.2, 0) is 24.0 Å². The lowest BCUT2D eigenvalue weighted by Gasteiger charge is -2.14. The van der Waals surface area contributed by atoms with Gasteiger partial charge in [-0.3, -0.25) is 4.79 Å². The van der Waals surface area contributed by atoms with E-state index in [0.29, 0.717) is 32.6 Å². The third-order valence-electron chi connectivity index (χ3n) is 4.27. The molecular weight excluding hydrogens is 498 g/mol. The molecule has 4 nitrogen and oxygen atoms in total. The SMILES string of the molecule is O=C(O)CCc1ccc(OCc2c(C(F)(F)F)nsc2-c2ccc(Cl)cc2)c(Cl)c1Cl. The van der Waals surface area contributed by atoms with Gasteiger partial charge in [0.05, 0.1) is 9.90 Å². The number of aliphatic carboxylic acids is 1. The minimum Gasteiger partial charge on any atom is -0.487 e. The molecule has 164 valence electrons. The van der Waals surface area contributed by atoms with Crippen LogP contribution in [0.5, 0.6) is 5.75 Å². The molecule has 0 aliphatic rings. The number of nitrogens with zero attached hydrogens (tertiary/aromatic N) is 1. The van der Waals surface area contributed by atoms with Crippen molar-refractivity contribution < 1.29 is 27.8 Å². The first-order valence-corrected chi connectivity index (χ1v) is 10.6. The number of alkyl halides is 3. The highest BCUT2D eigenvalue weighted by atomic mass is 35.5. The Bertz CT molecular complexity index is 1100. The molecule has 11 heteroatoms. The molecule has 1 heterocycles. The topological polar surface area (TPSA) is 59.4 Å². The summed E-state index contributed by atoms with van der Waals surface area (Å²) in [6.45, 7) is -0.451. The zero-order chi connectivity index (χ0) is 22.8. The summed E-state index contributed by atoms with van der Waals surface area (Å²) in [4.78, 5) is 11.0. The summed E-state index contributed by atoms with van der Waals surface area (Å²) in [6, 6.07) is 9.31. The van der Waals surface area contributed by atoms with E-state index in [1.807, 2.05) is 0 Å². The fourth-order valence-electron chi connectivity index (χ4n) is 2.76. The molecule has 2 aromatic carbocycles. The molecule has 0 radical (unpaired) electrons. The van der Waals surface area contributed by atoms with Gasteiger partial charge in [-0.15, -0.1) is 0 Å². The van der Waals surface area contributed by atoms with Crippen molar-refractivity contribution in [3.8, 4) is 16.2 Å². The average Bonchev–Trinajstić information content (AvgIpc) is 3.13. The predicted octanol–water partition coefficient (Wildman–Crippen LogP) is 7.39. The molecule has 0 saturated heterocycles. The largest absolute Gasteiger partial charge is 0.487 e. The molecule has 0 unspecified atom stereocenters. The van der Waals surface area contributed by atoms with E-state index >= 15 is 0 Å². The molecule has 3 rings (SSSR count). The number of rotatable bonds is 7. The quantitative estimate of drug-likeness (QED) is 0.360. The molecule has 0 spiro atoms. The van der Waals surface area contributed by atoms with Gasteiger partial charge < -0.3 is 9.84 Å². The fraction of sp³-hybridized carbons (Fsp3) is 0.200.